The van der Waals surface area contributed by atoms with Gasteiger partial charge in [0.1, 0.15) is 6.10 Å². The van der Waals surface area contributed by atoms with Gasteiger partial charge in [-0.15, -0.1) is 6.58 Å². The zero-order valence-corrected chi connectivity index (χ0v) is 14.4. The van der Waals surface area contributed by atoms with Gasteiger partial charge in [0.25, 0.3) is 0 Å². The minimum Gasteiger partial charge on any atom is -0.453 e. The monoisotopic (exact) mass is 329 g/mol. The van der Waals surface area contributed by atoms with E-state index in [0.717, 1.165) is 22.3 Å². The first-order valence-corrected chi connectivity index (χ1v) is 7.81. The molecule has 2 rings (SSSR count). The molecule has 0 aliphatic heterocycles. The summed E-state index contributed by atoms with van der Waals surface area (Å²) in [5.41, 5.74) is 3.93. The van der Waals surface area contributed by atoms with Crippen LogP contribution >= 0.6 is 11.6 Å². The van der Waals surface area contributed by atoms with Crippen LogP contribution in [0.15, 0.2) is 43.2 Å². The zero-order chi connectivity index (χ0) is 17.0. The van der Waals surface area contributed by atoms with Crippen molar-refractivity contribution in [1.29, 1.82) is 0 Å². The third-order valence-corrected chi connectivity index (χ3v) is 4.35. The van der Waals surface area contributed by atoms with Crippen molar-refractivity contribution < 1.29 is 9.53 Å². The smallest absolute Gasteiger partial charge is 0.339 e. The SMILES string of the molecule is C=CC[C@@H](OC(=O)c1c(C)cc(C)c(Cl)c1C)c1cccnc1. The van der Waals surface area contributed by atoms with E-state index in [1.165, 1.54) is 0 Å². The van der Waals surface area contributed by atoms with Crippen molar-refractivity contribution in [2.75, 3.05) is 0 Å². The first kappa shape index (κ1) is 17.2. The van der Waals surface area contributed by atoms with E-state index in [1.54, 1.807) is 18.5 Å². The molecular weight excluding hydrogens is 310 g/mol. The number of ether oxygens (including phenoxy) is 1. The molecule has 2 aromatic rings. The Labute approximate surface area is 142 Å². The average Bonchev–Trinajstić information content (AvgIpc) is 2.53. The van der Waals surface area contributed by atoms with Gasteiger partial charge in [-0.2, -0.15) is 0 Å². The summed E-state index contributed by atoms with van der Waals surface area (Å²) in [6, 6.07) is 5.60. The van der Waals surface area contributed by atoms with Crippen molar-refractivity contribution in [3.63, 3.8) is 0 Å². The van der Waals surface area contributed by atoms with Gasteiger partial charge in [0.2, 0.25) is 0 Å². The molecule has 1 atom stereocenters. The molecule has 0 aliphatic carbocycles. The third kappa shape index (κ3) is 3.80. The van der Waals surface area contributed by atoms with Crippen molar-refractivity contribution in [2.24, 2.45) is 0 Å². The zero-order valence-electron chi connectivity index (χ0n) is 13.6. The lowest BCUT2D eigenvalue weighted by molar-refractivity contribution is 0.0301. The van der Waals surface area contributed by atoms with Crippen LogP contribution in [-0.2, 0) is 4.74 Å². The predicted molar refractivity (Wildman–Crippen MR) is 92.9 cm³/mol. The Balaban J connectivity index is 2.33. The van der Waals surface area contributed by atoms with Crippen LogP contribution in [0, 0.1) is 20.8 Å². The van der Waals surface area contributed by atoms with Crippen molar-refractivity contribution in [2.45, 2.75) is 33.3 Å². The number of carbonyl (C=O) groups is 1. The number of hydrogen-bond donors (Lipinski definition) is 0. The second kappa shape index (κ2) is 7.42. The lowest BCUT2D eigenvalue weighted by Gasteiger charge is -2.19. The van der Waals surface area contributed by atoms with Gasteiger partial charge in [0.15, 0.2) is 0 Å². The molecule has 1 heterocycles. The molecule has 0 N–H and O–H groups in total. The highest BCUT2D eigenvalue weighted by Crippen LogP contribution is 2.29. The van der Waals surface area contributed by atoms with Crippen molar-refractivity contribution in [3.8, 4) is 0 Å². The molecule has 0 spiro atoms. The van der Waals surface area contributed by atoms with Crippen LogP contribution in [0.3, 0.4) is 0 Å². The minimum atomic E-state index is -0.410. The summed E-state index contributed by atoms with van der Waals surface area (Å²) >= 11 is 6.28. The number of halogens is 1. The molecule has 4 heteroatoms. The molecule has 120 valence electrons. The lowest BCUT2D eigenvalue weighted by Crippen LogP contribution is -2.14. The number of carbonyl (C=O) groups excluding carboxylic acids is 1. The van der Waals surface area contributed by atoms with Crippen LogP contribution in [0.2, 0.25) is 5.02 Å². The normalized spacial score (nSPS) is 11.8. The van der Waals surface area contributed by atoms with E-state index in [4.69, 9.17) is 16.3 Å². The van der Waals surface area contributed by atoms with Crippen molar-refractivity contribution >= 4 is 17.6 Å². The van der Waals surface area contributed by atoms with E-state index in [-0.39, 0.29) is 5.97 Å². The topological polar surface area (TPSA) is 39.2 Å². The Morgan fingerprint density at radius 1 is 1.39 bits per heavy atom. The summed E-state index contributed by atoms with van der Waals surface area (Å²) < 4.78 is 5.71. The molecule has 0 fully saturated rings. The van der Waals surface area contributed by atoms with Crippen LogP contribution in [0.1, 0.15) is 45.1 Å². The van der Waals surface area contributed by atoms with Gasteiger partial charge in [-0.25, -0.2) is 4.79 Å². The summed E-state index contributed by atoms with van der Waals surface area (Å²) in [5, 5.41) is 0.601. The van der Waals surface area contributed by atoms with E-state index < -0.39 is 6.10 Å². The Morgan fingerprint density at radius 3 is 2.74 bits per heavy atom. The predicted octanol–water partition coefficient (Wildman–Crippen LogP) is 5.13. The average molecular weight is 330 g/mol. The molecule has 0 aliphatic rings. The van der Waals surface area contributed by atoms with Crippen LogP contribution < -0.4 is 0 Å². The maximum Gasteiger partial charge on any atom is 0.339 e. The van der Waals surface area contributed by atoms with Crippen LogP contribution in [-0.4, -0.2) is 11.0 Å². The largest absolute Gasteiger partial charge is 0.453 e. The molecule has 1 aromatic carbocycles. The number of aryl methyl sites for hydroxylation is 2. The number of esters is 1. The van der Waals surface area contributed by atoms with E-state index in [1.807, 2.05) is 39.0 Å². The quantitative estimate of drug-likeness (QED) is 0.563. The summed E-state index contributed by atoms with van der Waals surface area (Å²) in [6.07, 6.45) is 5.22. The molecule has 0 unspecified atom stereocenters. The summed E-state index contributed by atoms with van der Waals surface area (Å²) in [6.45, 7) is 9.39. The Morgan fingerprint density at radius 2 is 2.13 bits per heavy atom. The van der Waals surface area contributed by atoms with Gasteiger partial charge in [0.05, 0.1) is 5.56 Å². The first-order chi connectivity index (χ1) is 11.0. The lowest BCUT2D eigenvalue weighted by atomic mass is 9.99. The van der Waals surface area contributed by atoms with Gasteiger partial charge >= 0.3 is 5.97 Å². The van der Waals surface area contributed by atoms with Crippen LogP contribution in [0.4, 0.5) is 0 Å². The van der Waals surface area contributed by atoms with Gasteiger partial charge < -0.3 is 4.74 Å². The maximum atomic E-state index is 12.7. The number of pyridine rings is 1. The molecule has 0 saturated heterocycles. The molecule has 0 bridgehead atoms. The number of benzene rings is 1. The highest BCUT2D eigenvalue weighted by atomic mass is 35.5. The molecule has 0 saturated carbocycles. The van der Waals surface area contributed by atoms with Gasteiger partial charge in [-0.05, 0) is 43.5 Å². The molecule has 0 amide bonds. The Bertz CT molecular complexity index is 726. The molecule has 1 aromatic heterocycles. The summed E-state index contributed by atoms with van der Waals surface area (Å²) in [5.74, 6) is -0.377. The fourth-order valence-electron chi connectivity index (χ4n) is 2.63. The Kier molecular flexibility index (Phi) is 5.56. The molecule has 3 nitrogen and oxygen atoms in total. The molecule has 0 radical (unpaired) electrons. The van der Waals surface area contributed by atoms with Gasteiger partial charge in [-0.3, -0.25) is 4.98 Å². The highest BCUT2D eigenvalue weighted by Gasteiger charge is 2.22. The Hall–Kier alpha value is -2.13. The highest BCUT2D eigenvalue weighted by molar-refractivity contribution is 6.32. The third-order valence-electron chi connectivity index (χ3n) is 3.77. The number of aromatic nitrogens is 1. The minimum absolute atomic E-state index is 0.377. The second-order valence-electron chi connectivity index (χ2n) is 5.53. The molecule has 23 heavy (non-hydrogen) atoms. The van der Waals surface area contributed by atoms with Crippen LogP contribution in [0.5, 0.6) is 0 Å². The fourth-order valence-corrected chi connectivity index (χ4v) is 2.78. The number of rotatable bonds is 5. The number of hydrogen-bond acceptors (Lipinski definition) is 3. The maximum absolute atomic E-state index is 12.7. The summed E-state index contributed by atoms with van der Waals surface area (Å²) in [4.78, 5) is 16.8. The number of nitrogens with zero attached hydrogens (tertiary/aromatic N) is 1. The fraction of sp³-hybridized carbons (Fsp3) is 0.263. The van der Waals surface area contributed by atoms with Gasteiger partial charge in [0, 0.05) is 29.4 Å². The van der Waals surface area contributed by atoms with E-state index in [2.05, 4.69) is 11.6 Å². The second-order valence-corrected chi connectivity index (χ2v) is 5.91. The van der Waals surface area contributed by atoms with Crippen molar-refractivity contribution in [1.82, 2.24) is 4.98 Å². The van der Waals surface area contributed by atoms with Crippen molar-refractivity contribution in [3.05, 3.63) is 76.1 Å². The van der Waals surface area contributed by atoms with Gasteiger partial charge in [-0.1, -0.05) is 29.8 Å². The van der Waals surface area contributed by atoms with E-state index >= 15 is 0 Å². The van der Waals surface area contributed by atoms with E-state index in [0.29, 0.717) is 17.0 Å². The van der Waals surface area contributed by atoms with E-state index in [9.17, 15) is 4.79 Å². The summed E-state index contributed by atoms with van der Waals surface area (Å²) in [7, 11) is 0. The van der Waals surface area contributed by atoms with Crippen LogP contribution in [0.25, 0.3) is 0 Å². The standard InChI is InChI=1S/C19H20ClNO2/c1-5-7-16(15-8-6-9-21-11-15)23-19(22)17-12(2)10-13(3)18(20)14(17)4/h5-6,8-11,16H,1,7H2,2-4H3/t16-/m1/s1. The first-order valence-electron chi connectivity index (χ1n) is 7.43. The molecular formula is C19H20ClNO2.